The zero-order chi connectivity index (χ0) is 13.3. The van der Waals surface area contributed by atoms with E-state index >= 15 is 0 Å². The van der Waals surface area contributed by atoms with Gasteiger partial charge >= 0.3 is 0 Å². The van der Waals surface area contributed by atoms with Crippen molar-refractivity contribution in [1.82, 2.24) is 4.98 Å². The normalized spacial score (nSPS) is 9.67. The van der Waals surface area contributed by atoms with E-state index in [0.717, 1.165) is 6.07 Å². The molecule has 0 amide bonds. The van der Waals surface area contributed by atoms with E-state index in [2.05, 4.69) is 4.98 Å². The van der Waals surface area contributed by atoms with Crippen LogP contribution < -0.4 is 11.0 Å². The number of hydrogen-bond acceptors (Lipinski definition) is 5. The SMILES string of the molecule is N#Cc1ccc(C#N)c2c(O)cc(=O)c(=O)[nH]c12. The Morgan fingerprint density at radius 3 is 2.33 bits per heavy atom. The molecule has 6 heteroatoms. The number of nitrogens with one attached hydrogen (secondary N) is 1. The maximum atomic E-state index is 11.4. The Labute approximate surface area is 100.0 Å². The Balaban J connectivity index is 3.26. The van der Waals surface area contributed by atoms with Gasteiger partial charge in [0, 0.05) is 6.07 Å². The van der Waals surface area contributed by atoms with Crippen molar-refractivity contribution in [2.75, 3.05) is 0 Å². The van der Waals surface area contributed by atoms with Crippen molar-refractivity contribution >= 4 is 10.9 Å². The minimum Gasteiger partial charge on any atom is -0.507 e. The zero-order valence-electron chi connectivity index (χ0n) is 8.89. The summed E-state index contributed by atoms with van der Waals surface area (Å²) >= 11 is 0. The van der Waals surface area contributed by atoms with E-state index in [9.17, 15) is 14.7 Å². The molecule has 1 heterocycles. The van der Waals surface area contributed by atoms with Crippen LogP contribution in [0.15, 0.2) is 27.8 Å². The summed E-state index contributed by atoms with van der Waals surface area (Å²) in [6.07, 6.45) is 0. The van der Waals surface area contributed by atoms with Gasteiger partial charge in [-0.25, -0.2) is 0 Å². The summed E-state index contributed by atoms with van der Waals surface area (Å²) in [5.74, 6) is -0.512. The van der Waals surface area contributed by atoms with Crippen molar-refractivity contribution in [3.8, 4) is 17.9 Å². The summed E-state index contributed by atoms with van der Waals surface area (Å²) in [4.78, 5) is 24.9. The molecule has 0 fully saturated rings. The number of benzene rings is 1. The van der Waals surface area contributed by atoms with Crippen molar-refractivity contribution in [1.29, 1.82) is 10.5 Å². The van der Waals surface area contributed by atoms with Gasteiger partial charge in [0.25, 0.3) is 5.56 Å². The molecule has 1 aromatic carbocycles. The highest BCUT2D eigenvalue weighted by molar-refractivity contribution is 5.93. The molecule has 2 N–H and O–H groups in total. The molecule has 18 heavy (non-hydrogen) atoms. The molecule has 2 aromatic rings. The molecule has 2 rings (SSSR count). The molecule has 6 nitrogen and oxygen atoms in total. The molecule has 1 aromatic heterocycles. The van der Waals surface area contributed by atoms with Gasteiger partial charge in [0.1, 0.15) is 11.8 Å². The highest BCUT2D eigenvalue weighted by atomic mass is 16.3. The van der Waals surface area contributed by atoms with Crippen LogP contribution in [0.1, 0.15) is 11.1 Å². The van der Waals surface area contributed by atoms with Crippen molar-refractivity contribution in [2.45, 2.75) is 0 Å². The average Bonchev–Trinajstić information content (AvgIpc) is 2.47. The molecule has 0 saturated heterocycles. The van der Waals surface area contributed by atoms with E-state index in [0.29, 0.717) is 0 Å². The highest BCUT2D eigenvalue weighted by Crippen LogP contribution is 2.25. The standard InChI is InChI=1S/C12H5N3O3/c13-4-6-1-2-7(5-14)11-10(6)8(16)3-9(17)12(18)15-11/h1-3,16H,(H,15,17,18). The number of fused-ring (bicyclic) bond motifs is 1. The van der Waals surface area contributed by atoms with Gasteiger partial charge in [-0.1, -0.05) is 0 Å². The van der Waals surface area contributed by atoms with Crippen LogP contribution in [0.25, 0.3) is 10.9 Å². The molecule has 86 valence electrons. The van der Waals surface area contributed by atoms with Crippen LogP contribution in [-0.2, 0) is 0 Å². The number of H-pyrrole nitrogens is 1. The Bertz CT molecular complexity index is 854. The van der Waals surface area contributed by atoms with Crippen LogP contribution in [0.3, 0.4) is 0 Å². The molecule has 0 atom stereocenters. The number of aromatic hydroxyl groups is 1. The summed E-state index contributed by atoms with van der Waals surface area (Å²) in [6.45, 7) is 0. The Morgan fingerprint density at radius 1 is 1.11 bits per heavy atom. The molecule has 0 unspecified atom stereocenters. The monoisotopic (exact) mass is 239 g/mol. The van der Waals surface area contributed by atoms with Gasteiger partial charge in [-0.3, -0.25) is 9.59 Å². The quantitative estimate of drug-likeness (QED) is 0.642. The molecule has 0 bridgehead atoms. The minimum atomic E-state index is -0.966. The number of nitriles is 2. The largest absolute Gasteiger partial charge is 0.507 e. The molecule has 0 aliphatic rings. The van der Waals surface area contributed by atoms with Crippen LogP contribution in [0, 0.1) is 22.7 Å². The van der Waals surface area contributed by atoms with Gasteiger partial charge < -0.3 is 10.1 Å². The third-order valence-corrected chi connectivity index (χ3v) is 2.43. The highest BCUT2D eigenvalue weighted by Gasteiger charge is 2.11. The Kier molecular flexibility index (Phi) is 2.55. The number of nitrogens with zero attached hydrogens (tertiary/aromatic N) is 2. The first-order valence-corrected chi connectivity index (χ1v) is 4.82. The van der Waals surface area contributed by atoms with Crippen molar-refractivity contribution in [3.05, 3.63) is 49.9 Å². The third kappa shape index (κ3) is 1.58. The van der Waals surface area contributed by atoms with Crippen LogP contribution in [0.4, 0.5) is 0 Å². The molecule has 0 spiro atoms. The second-order valence-electron chi connectivity index (χ2n) is 3.48. The topological polar surface area (TPSA) is 118 Å². The first-order chi connectivity index (χ1) is 8.58. The van der Waals surface area contributed by atoms with Gasteiger partial charge in [-0.15, -0.1) is 0 Å². The lowest BCUT2D eigenvalue weighted by Crippen LogP contribution is -2.22. The molecule has 0 saturated carbocycles. The van der Waals surface area contributed by atoms with E-state index in [1.165, 1.54) is 12.1 Å². The van der Waals surface area contributed by atoms with Crippen molar-refractivity contribution in [3.63, 3.8) is 0 Å². The van der Waals surface area contributed by atoms with Crippen molar-refractivity contribution in [2.24, 2.45) is 0 Å². The van der Waals surface area contributed by atoms with Crippen LogP contribution >= 0.6 is 0 Å². The minimum absolute atomic E-state index is 0.0178. The summed E-state index contributed by atoms with van der Waals surface area (Å²) in [5.41, 5.74) is -1.82. The summed E-state index contributed by atoms with van der Waals surface area (Å²) < 4.78 is 0. The zero-order valence-corrected chi connectivity index (χ0v) is 8.89. The average molecular weight is 239 g/mol. The van der Waals surface area contributed by atoms with Gasteiger partial charge in [-0.05, 0) is 12.1 Å². The Morgan fingerprint density at radius 2 is 1.72 bits per heavy atom. The fourth-order valence-electron chi connectivity index (χ4n) is 1.62. The van der Waals surface area contributed by atoms with E-state index in [1.807, 2.05) is 12.1 Å². The summed E-state index contributed by atoms with van der Waals surface area (Å²) in [6, 6.07) is 7.03. The summed E-state index contributed by atoms with van der Waals surface area (Å²) in [5, 5.41) is 27.6. The second kappa shape index (κ2) is 4.04. The van der Waals surface area contributed by atoms with Crippen LogP contribution in [0.2, 0.25) is 0 Å². The summed E-state index contributed by atoms with van der Waals surface area (Å²) in [7, 11) is 0. The predicted octanol–water partition coefficient (Wildman–Crippen LogP) is 0.337. The van der Waals surface area contributed by atoms with Gasteiger partial charge in [0.05, 0.1) is 28.1 Å². The first-order valence-electron chi connectivity index (χ1n) is 4.82. The fraction of sp³-hybridized carbons (Fsp3) is 0. The van der Waals surface area contributed by atoms with E-state index < -0.39 is 16.7 Å². The fourth-order valence-corrected chi connectivity index (χ4v) is 1.62. The predicted molar refractivity (Wildman–Crippen MR) is 61.9 cm³/mol. The van der Waals surface area contributed by atoms with E-state index in [-0.39, 0.29) is 22.0 Å². The van der Waals surface area contributed by atoms with Crippen LogP contribution in [0.5, 0.6) is 5.75 Å². The lowest BCUT2D eigenvalue weighted by Gasteiger charge is -1.99. The van der Waals surface area contributed by atoms with E-state index in [4.69, 9.17) is 10.5 Å². The van der Waals surface area contributed by atoms with Gasteiger partial charge in [0.2, 0.25) is 5.43 Å². The molecular formula is C12H5N3O3. The number of aromatic amines is 1. The third-order valence-electron chi connectivity index (χ3n) is 2.43. The molecule has 0 aliphatic carbocycles. The van der Waals surface area contributed by atoms with Gasteiger partial charge in [0.15, 0.2) is 0 Å². The second-order valence-corrected chi connectivity index (χ2v) is 3.48. The lowest BCUT2D eigenvalue weighted by atomic mass is 10.1. The molecular weight excluding hydrogens is 234 g/mol. The molecule has 0 aliphatic heterocycles. The Hall–Kier alpha value is -3.12. The number of rotatable bonds is 0. The lowest BCUT2D eigenvalue weighted by molar-refractivity contribution is 0.481. The number of hydrogen-bond donors (Lipinski definition) is 2. The van der Waals surface area contributed by atoms with Crippen LogP contribution in [-0.4, -0.2) is 10.1 Å². The van der Waals surface area contributed by atoms with Gasteiger partial charge in [-0.2, -0.15) is 10.5 Å². The smallest absolute Gasteiger partial charge is 0.296 e. The first kappa shape index (κ1) is 11.4. The van der Waals surface area contributed by atoms with E-state index in [1.54, 1.807) is 0 Å². The maximum absolute atomic E-state index is 11.4. The van der Waals surface area contributed by atoms with Crippen molar-refractivity contribution < 1.29 is 5.11 Å². The molecule has 0 radical (unpaired) electrons. The maximum Gasteiger partial charge on any atom is 0.296 e. The number of aromatic nitrogens is 1.